The minimum absolute atomic E-state index is 0.105. The second kappa shape index (κ2) is 7.42. The lowest BCUT2D eigenvalue weighted by Crippen LogP contribution is -2.46. The monoisotopic (exact) mass is 322 g/mol. The van der Waals surface area contributed by atoms with Crippen LogP contribution in [-0.4, -0.2) is 70.6 Å². The Kier molecular flexibility index (Phi) is 5.30. The molecule has 23 heavy (non-hydrogen) atoms. The predicted octanol–water partition coefficient (Wildman–Crippen LogP) is 0.316. The number of aliphatic hydroxyl groups excluding tert-OH is 1. The molecule has 2 saturated heterocycles. The molecule has 0 spiro atoms. The topological polar surface area (TPSA) is 90.5 Å². The quantitative estimate of drug-likeness (QED) is 0.701. The van der Waals surface area contributed by atoms with E-state index in [4.69, 9.17) is 9.84 Å². The van der Waals surface area contributed by atoms with Gasteiger partial charge in [-0.25, -0.2) is 0 Å². The number of carbonyl (C=O) groups is 1. The molecule has 0 unspecified atom stereocenters. The number of hydrogen-bond acceptors (Lipinski definition) is 5. The maximum absolute atomic E-state index is 12.3. The lowest BCUT2D eigenvalue weighted by Gasteiger charge is -2.34. The number of morpholine rings is 1. The third-order valence-electron chi connectivity index (χ3n) is 4.66. The largest absolute Gasteiger partial charge is 0.396 e. The first-order valence-electron chi connectivity index (χ1n) is 8.51. The highest BCUT2D eigenvalue weighted by Crippen LogP contribution is 2.24. The average molecular weight is 322 g/mol. The van der Waals surface area contributed by atoms with Gasteiger partial charge in [-0.3, -0.25) is 14.8 Å². The molecular formula is C16H26N4O3. The Balaban J connectivity index is 1.52. The molecule has 0 aromatic carbocycles. The zero-order valence-corrected chi connectivity index (χ0v) is 13.6. The molecule has 0 saturated carbocycles. The molecule has 3 rings (SSSR count). The molecule has 3 heterocycles. The lowest BCUT2D eigenvalue weighted by atomic mass is 10.1. The van der Waals surface area contributed by atoms with E-state index in [1.54, 1.807) is 0 Å². The van der Waals surface area contributed by atoms with Crippen molar-refractivity contribution in [3.05, 3.63) is 17.5 Å². The third-order valence-corrected chi connectivity index (χ3v) is 4.66. The molecule has 1 aromatic heterocycles. The van der Waals surface area contributed by atoms with Crippen LogP contribution in [0.25, 0.3) is 0 Å². The summed E-state index contributed by atoms with van der Waals surface area (Å²) in [6.07, 6.45) is 3.62. The number of rotatable bonds is 6. The summed E-state index contributed by atoms with van der Waals surface area (Å²) in [6, 6.07) is 2.34. The highest BCUT2D eigenvalue weighted by Gasteiger charge is 2.37. The Morgan fingerprint density at radius 1 is 1.57 bits per heavy atom. The van der Waals surface area contributed by atoms with E-state index < -0.39 is 0 Å². The number of aliphatic hydroxyl groups is 1. The van der Waals surface area contributed by atoms with Crippen molar-refractivity contribution in [1.29, 1.82) is 0 Å². The zero-order chi connectivity index (χ0) is 16.2. The number of H-pyrrole nitrogens is 1. The molecule has 3 N–H and O–H groups in total. The zero-order valence-electron chi connectivity index (χ0n) is 13.6. The fourth-order valence-electron chi connectivity index (χ4n) is 3.50. The van der Waals surface area contributed by atoms with Gasteiger partial charge in [-0.2, -0.15) is 5.10 Å². The van der Waals surface area contributed by atoms with Crippen LogP contribution < -0.4 is 5.32 Å². The molecular weight excluding hydrogens is 296 g/mol. The van der Waals surface area contributed by atoms with Crippen LogP contribution in [0, 0.1) is 0 Å². The van der Waals surface area contributed by atoms with Crippen LogP contribution >= 0.6 is 0 Å². The van der Waals surface area contributed by atoms with Crippen molar-refractivity contribution < 1.29 is 14.6 Å². The molecule has 128 valence electrons. The summed E-state index contributed by atoms with van der Waals surface area (Å²) in [6.45, 7) is 4.61. The second-order valence-corrected chi connectivity index (χ2v) is 6.51. The number of fused-ring (bicyclic) bond motifs is 1. The minimum Gasteiger partial charge on any atom is -0.396 e. The van der Waals surface area contributed by atoms with Gasteiger partial charge in [0, 0.05) is 37.5 Å². The van der Waals surface area contributed by atoms with Crippen LogP contribution in [0.4, 0.5) is 0 Å². The van der Waals surface area contributed by atoms with Crippen LogP contribution in [0.2, 0.25) is 0 Å². The molecule has 2 fully saturated rings. The van der Waals surface area contributed by atoms with Gasteiger partial charge in [0.1, 0.15) is 5.69 Å². The van der Waals surface area contributed by atoms with Gasteiger partial charge in [-0.1, -0.05) is 13.3 Å². The van der Waals surface area contributed by atoms with Crippen LogP contribution in [0.1, 0.15) is 42.4 Å². The first-order valence-corrected chi connectivity index (χ1v) is 8.51. The number of aromatic nitrogens is 2. The van der Waals surface area contributed by atoms with Gasteiger partial charge in [-0.05, 0) is 25.3 Å². The van der Waals surface area contributed by atoms with E-state index in [0.717, 1.165) is 38.0 Å². The molecule has 2 aliphatic rings. The molecule has 2 aliphatic heterocycles. The fraction of sp³-hybridized carbons (Fsp3) is 0.750. The first kappa shape index (κ1) is 16.4. The average Bonchev–Trinajstić information content (AvgIpc) is 3.14. The van der Waals surface area contributed by atoms with Crippen LogP contribution in [0.3, 0.4) is 0 Å². The highest BCUT2D eigenvalue weighted by atomic mass is 16.5. The Morgan fingerprint density at radius 3 is 3.22 bits per heavy atom. The van der Waals surface area contributed by atoms with Gasteiger partial charge in [0.15, 0.2) is 0 Å². The molecule has 1 aromatic rings. The minimum atomic E-state index is -0.110. The van der Waals surface area contributed by atoms with E-state index >= 15 is 0 Å². The summed E-state index contributed by atoms with van der Waals surface area (Å²) < 4.78 is 5.77. The van der Waals surface area contributed by atoms with Crippen molar-refractivity contribution in [1.82, 2.24) is 20.4 Å². The van der Waals surface area contributed by atoms with Gasteiger partial charge >= 0.3 is 0 Å². The van der Waals surface area contributed by atoms with Crippen LogP contribution in [0.5, 0.6) is 0 Å². The number of aromatic amines is 1. The van der Waals surface area contributed by atoms with Crippen molar-refractivity contribution in [2.45, 2.75) is 50.8 Å². The van der Waals surface area contributed by atoms with Gasteiger partial charge in [0.05, 0.1) is 12.7 Å². The van der Waals surface area contributed by atoms with Crippen LogP contribution in [0.15, 0.2) is 6.07 Å². The van der Waals surface area contributed by atoms with E-state index in [1.165, 1.54) is 0 Å². The molecule has 7 nitrogen and oxygen atoms in total. The van der Waals surface area contributed by atoms with E-state index in [2.05, 4.69) is 27.3 Å². The van der Waals surface area contributed by atoms with Crippen LogP contribution in [-0.2, 0) is 11.2 Å². The van der Waals surface area contributed by atoms with Gasteiger partial charge < -0.3 is 15.2 Å². The van der Waals surface area contributed by atoms with Crippen molar-refractivity contribution in [3.63, 3.8) is 0 Å². The molecule has 0 bridgehead atoms. The summed E-state index contributed by atoms with van der Waals surface area (Å²) >= 11 is 0. The van der Waals surface area contributed by atoms with Crippen molar-refractivity contribution in [2.24, 2.45) is 0 Å². The number of ether oxygens (including phenoxy) is 1. The van der Waals surface area contributed by atoms with E-state index in [-0.39, 0.29) is 24.7 Å². The molecule has 7 heteroatoms. The standard InChI is InChI=1S/C16H26N4O3/c1-2-3-11-7-15(19-18-11)16(22)17-12-6-13-10-23-14(4-5-21)9-20(13)8-12/h7,12-14,21H,2-6,8-10H2,1H3,(H,17,22)(H,18,19)/t12-,13-,14-/m0/s1. The SMILES string of the molecule is CCCc1cc(C(=O)N[C@H]2C[C@H]3CO[C@@H](CCO)CN3C2)n[nH]1. The molecule has 0 radical (unpaired) electrons. The Hall–Kier alpha value is -1.44. The van der Waals surface area contributed by atoms with E-state index in [0.29, 0.717) is 24.8 Å². The Morgan fingerprint density at radius 2 is 2.43 bits per heavy atom. The highest BCUT2D eigenvalue weighted by molar-refractivity contribution is 5.92. The molecule has 1 amide bonds. The summed E-state index contributed by atoms with van der Waals surface area (Å²) in [5, 5.41) is 19.1. The van der Waals surface area contributed by atoms with Gasteiger partial charge in [0.25, 0.3) is 5.91 Å². The second-order valence-electron chi connectivity index (χ2n) is 6.51. The first-order chi connectivity index (χ1) is 11.2. The number of nitrogens with zero attached hydrogens (tertiary/aromatic N) is 2. The van der Waals surface area contributed by atoms with Gasteiger partial charge in [0.2, 0.25) is 0 Å². The van der Waals surface area contributed by atoms with Gasteiger partial charge in [-0.15, -0.1) is 0 Å². The number of hydrogen-bond donors (Lipinski definition) is 3. The van der Waals surface area contributed by atoms with Crippen molar-refractivity contribution in [3.8, 4) is 0 Å². The number of amides is 1. The van der Waals surface area contributed by atoms with Crippen molar-refractivity contribution >= 4 is 5.91 Å². The number of aryl methyl sites for hydroxylation is 1. The molecule has 3 atom stereocenters. The summed E-state index contributed by atoms with van der Waals surface area (Å²) in [5.74, 6) is -0.110. The fourth-order valence-corrected chi connectivity index (χ4v) is 3.50. The smallest absolute Gasteiger partial charge is 0.272 e. The summed E-state index contributed by atoms with van der Waals surface area (Å²) in [7, 11) is 0. The third kappa shape index (κ3) is 3.91. The lowest BCUT2D eigenvalue weighted by molar-refractivity contribution is -0.0566. The summed E-state index contributed by atoms with van der Waals surface area (Å²) in [5.41, 5.74) is 1.47. The Bertz CT molecular complexity index is 533. The predicted molar refractivity (Wildman–Crippen MR) is 85.3 cm³/mol. The van der Waals surface area contributed by atoms with E-state index in [1.807, 2.05) is 6.07 Å². The number of carbonyl (C=O) groups excluding carboxylic acids is 1. The Labute approximate surface area is 136 Å². The normalized spacial score (nSPS) is 27.8. The van der Waals surface area contributed by atoms with Crippen molar-refractivity contribution in [2.75, 3.05) is 26.3 Å². The summed E-state index contributed by atoms with van der Waals surface area (Å²) in [4.78, 5) is 14.7. The molecule has 0 aliphatic carbocycles. The number of nitrogens with one attached hydrogen (secondary N) is 2. The maximum Gasteiger partial charge on any atom is 0.272 e. The van der Waals surface area contributed by atoms with E-state index in [9.17, 15) is 4.79 Å². The maximum atomic E-state index is 12.3.